The van der Waals surface area contributed by atoms with Gasteiger partial charge in [-0.3, -0.25) is 14.9 Å². The molecule has 1 fully saturated rings. The largest absolute Gasteiger partial charge is 0.461 e. The summed E-state index contributed by atoms with van der Waals surface area (Å²) in [5.41, 5.74) is -0.674. The van der Waals surface area contributed by atoms with Crippen molar-refractivity contribution in [2.45, 2.75) is 13.3 Å². The van der Waals surface area contributed by atoms with E-state index in [-0.39, 0.29) is 10.9 Å². The van der Waals surface area contributed by atoms with Crippen LogP contribution < -0.4 is 0 Å². The van der Waals surface area contributed by atoms with Crippen molar-refractivity contribution in [1.82, 2.24) is 4.90 Å². The molecule has 0 aromatic carbocycles. The number of rotatable bonds is 2. The minimum absolute atomic E-state index is 0.0700. The fourth-order valence-electron chi connectivity index (χ4n) is 1.40. The van der Waals surface area contributed by atoms with E-state index in [0.29, 0.717) is 12.3 Å². The smallest absolute Gasteiger partial charge is 0.412 e. The Hall–Kier alpha value is -1.57. The molecule has 0 aromatic heterocycles. The van der Waals surface area contributed by atoms with E-state index in [1.165, 1.54) is 11.8 Å². The number of carbonyl (C=O) groups excluding carboxylic acids is 2. The van der Waals surface area contributed by atoms with Gasteiger partial charge in [-0.1, -0.05) is 0 Å². The molecular formula is C9H12N2O5S. The van der Waals surface area contributed by atoms with Crippen molar-refractivity contribution in [2.75, 3.05) is 19.4 Å². The van der Waals surface area contributed by atoms with Gasteiger partial charge < -0.3 is 9.64 Å². The molecule has 0 spiro atoms. The van der Waals surface area contributed by atoms with Crippen LogP contribution in [0.3, 0.4) is 0 Å². The van der Waals surface area contributed by atoms with Crippen molar-refractivity contribution in [2.24, 2.45) is 0 Å². The van der Waals surface area contributed by atoms with Gasteiger partial charge in [0.1, 0.15) is 0 Å². The number of methoxy groups -OCH3 is 1. The van der Waals surface area contributed by atoms with Crippen LogP contribution in [0.1, 0.15) is 13.3 Å². The van der Waals surface area contributed by atoms with Gasteiger partial charge in [-0.2, -0.15) is 0 Å². The molecule has 1 aliphatic heterocycles. The molecule has 0 unspecified atom stereocenters. The summed E-state index contributed by atoms with van der Waals surface area (Å²) >= 11 is 1.12. The standard InChI is InChI=1S/C9H12N2O5S/c1-6(12)10-4-3-5-17-8(10)7(11(14)15)9(13)16-2/h3-5H2,1-2H3. The first-order valence-corrected chi connectivity index (χ1v) is 5.85. The third-order valence-corrected chi connectivity index (χ3v) is 3.33. The highest BCUT2D eigenvalue weighted by molar-refractivity contribution is 8.03. The fraction of sp³-hybridized carbons (Fsp3) is 0.556. The summed E-state index contributed by atoms with van der Waals surface area (Å²) in [5, 5.41) is 10.9. The molecule has 1 saturated heterocycles. The zero-order chi connectivity index (χ0) is 13.0. The second-order valence-corrected chi connectivity index (χ2v) is 4.36. The summed E-state index contributed by atoms with van der Waals surface area (Å²) in [6, 6.07) is 0. The average Bonchev–Trinajstić information content (AvgIpc) is 2.29. The van der Waals surface area contributed by atoms with E-state index < -0.39 is 16.6 Å². The molecule has 0 aromatic rings. The molecule has 0 atom stereocenters. The van der Waals surface area contributed by atoms with Gasteiger partial charge in [0.2, 0.25) is 5.91 Å². The zero-order valence-corrected chi connectivity index (χ0v) is 10.3. The molecule has 1 amide bonds. The van der Waals surface area contributed by atoms with Crippen molar-refractivity contribution >= 4 is 23.6 Å². The summed E-state index contributed by atoms with van der Waals surface area (Å²) < 4.78 is 4.37. The minimum Gasteiger partial charge on any atom is -0.461 e. The van der Waals surface area contributed by atoms with E-state index in [9.17, 15) is 19.7 Å². The Labute approximate surface area is 102 Å². The number of thioether (sulfide) groups is 1. The van der Waals surface area contributed by atoms with Crippen molar-refractivity contribution in [3.8, 4) is 0 Å². The van der Waals surface area contributed by atoms with Gasteiger partial charge >= 0.3 is 11.7 Å². The maximum absolute atomic E-state index is 11.4. The first-order chi connectivity index (χ1) is 7.99. The molecule has 1 rings (SSSR count). The molecule has 1 heterocycles. The van der Waals surface area contributed by atoms with Crippen LogP contribution in [0.4, 0.5) is 0 Å². The molecule has 0 radical (unpaired) electrons. The number of nitro groups is 1. The van der Waals surface area contributed by atoms with E-state index in [0.717, 1.165) is 25.3 Å². The van der Waals surface area contributed by atoms with E-state index in [1.807, 2.05) is 0 Å². The van der Waals surface area contributed by atoms with Crippen LogP contribution in [0.15, 0.2) is 10.7 Å². The predicted molar refractivity (Wildman–Crippen MR) is 60.5 cm³/mol. The summed E-state index contributed by atoms with van der Waals surface area (Å²) in [7, 11) is 1.07. The van der Waals surface area contributed by atoms with Crippen LogP contribution in [-0.4, -0.2) is 41.1 Å². The number of nitrogens with zero attached hydrogens (tertiary/aromatic N) is 2. The van der Waals surface area contributed by atoms with Gasteiger partial charge in [-0.25, -0.2) is 4.79 Å². The van der Waals surface area contributed by atoms with Crippen LogP contribution in [-0.2, 0) is 14.3 Å². The number of hydrogen-bond donors (Lipinski definition) is 0. The first kappa shape index (κ1) is 13.5. The van der Waals surface area contributed by atoms with E-state index >= 15 is 0 Å². The van der Waals surface area contributed by atoms with Gasteiger partial charge in [-0.15, -0.1) is 11.8 Å². The van der Waals surface area contributed by atoms with Gasteiger partial charge in [0.15, 0.2) is 5.03 Å². The number of hydrogen-bond acceptors (Lipinski definition) is 6. The Morgan fingerprint density at radius 1 is 1.53 bits per heavy atom. The molecule has 17 heavy (non-hydrogen) atoms. The Balaban J connectivity index is 3.22. The number of carbonyl (C=O) groups is 2. The summed E-state index contributed by atoms with van der Waals surface area (Å²) in [4.78, 5) is 34.0. The van der Waals surface area contributed by atoms with Crippen LogP contribution in [0.2, 0.25) is 0 Å². The summed E-state index contributed by atoms with van der Waals surface area (Å²) in [5.74, 6) is -0.728. The molecule has 0 N–H and O–H groups in total. The molecule has 0 saturated carbocycles. The lowest BCUT2D eigenvalue weighted by atomic mass is 10.3. The maximum atomic E-state index is 11.4. The minimum atomic E-state index is -1.04. The molecule has 1 aliphatic rings. The van der Waals surface area contributed by atoms with Crippen molar-refractivity contribution < 1.29 is 19.2 Å². The van der Waals surface area contributed by atoms with Gasteiger partial charge in [0, 0.05) is 19.2 Å². The van der Waals surface area contributed by atoms with Crippen LogP contribution in [0, 0.1) is 10.1 Å². The SMILES string of the molecule is COC(=O)C(=C1SCCCN1C(C)=O)[N+](=O)[O-]. The third-order valence-electron chi connectivity index (χ3n) is 2.15. The lowest BCUT2D eigenvalue weighted by molar-refractivity contribution is -0.422. The van der Waals surface area contributed by atoms with Gasteiger partial charge in [-0.05, 0) is 6.42 Å². The molecule has 94 valence electrons. The number of esters is 1. The Kier molecular flexibility index (Phi) is 4.50. The predicted octanol–water partition coefficient (Wildman–Crippen LogP) is 0.591. The Bertz CT molecular complexity index is 393. The second kappa shape index (κ2) is 5.67. The lowest BCUT2D eigenvalue weighted by Gasteiger charge is -2.26. The quantitative estimate of drug-likeness (QED) is 0.312. The fourth-order valence-corrected chi connectivity index (χ4v) is 2.54. The normalized spacial score (nSPS) is 18.6. The highest BCUT2D eigenvalue weighted by Gasteiger charge is 2.35. The lowest BCUT2D eigenvalue weighted by Crippen LogP contribution is -2.34. The van der Waals surface area contributed by atoms with Crippen molar-refractivity contribution in [3.63, 3.8) is 0 Å². The van der Waals surface area contributed by atoms with E-state index in [1.54, 1.807) is 0 Å². The zero-order valence-electron chi connectivity index (χ0n) is 9.47. The molecule has 7 nitrogen and oxygen atoms in total. The summed E-state index contributed by atoms with van der Waals surface area (Å²) in [6.07, 6.45) is 0.736. The van der Waals surface area contributed by atoms with Crippen LogP contribution >= 0.6 is 11.8 Å². The second-order valence-electron chi connectivity index (χ2n) is 3.28. The highest BCUT2D eigenvalue weighted by atomic mass is 32.2. The van der Waals surface area contributed by atoms with Crippen molar-refractivity contribution in [3.05, 3.63) is 20.8 Å². The van der Waals surface area contributed by atoms with Gasteiger partial charge in [0.05, 0.1) is 12.0 Å². The number of ether oxygens (including phenoxy) is 1. The molecule has 0 bridgehead atoms. The van der Waals surface area contributed by atoms with E-state index in [2.05, 4.69) is 4.74 Å². The van der Waals surface area contributed by atoms with Crippen molar-refractivity contribution in [1.29, 1.82) is 0 Å². The van der Waals surface area contributed by atoms with Gasteiger partial charge in [0.25, 0.3) is 0 Å². The Morgan fingerprint density at radius 2 is 2.18 bits per heavy atom. The molecular weight excluding hydrogens is 248 g/mol. The third kappa shape index (κ3) is 2.96. The van der Waals surface area contributed by atoms with E-state index in [4.69, 9.17) is 0 Å². The Morgan fingerprint density at radius 3 is 2.65 bits per heavy atom. The average molecular weight is 260 g/mol. The van der Waals surface area contributed by atoms with Crippen LogP contribution in [0.25, 0.3) is 0 Å². The first-order valence-electron chi connectivity index (χ1n) is 4.87. The topological polar surface area (TPSA) is 89.8 Å². The highest BCUT2D eigenvalue weighted by Crippen LogP contribution is 2.30. The summed E-state index contributed by atoms with van der Waals surface area (Å²) in [6.45, 7) is 1.69. The molecule has 8 heteroatoms. The monoisotopic (exact) mass is 260 g/mol. The maximum Gasteiger partial charge on any atom is 0.412 e. The van der Waals surface area contributed by atoms with Crippen LogP contribution in [0.5, 0.6) is 0 Å². The molecule has 0 aliphatic carbocycles. The number of amides is 1.